The monoisotopic (exact) mass is 325 g/mol. The molecule has 0 bridgehead atoms. The third-order valence-electron chi connectivity index (χ3n) is 2.31. The van der Waals surface area contributed by atoms with Crippen LogP contribution >= 0.6 is 11.8 Å². The molecule has 4 nitrogen and oxygen atoms in total. The van der Waals surface area contributed by atoms with Crippen molar-refractivity contribution >= 4 is 23.6 Å². The molecule has 0 aromatic heterocycles. The topological polar surface area (TPSA) is 66.4 Å². The van der Waals surface area contributed by atoms with Gasteiger partial charge in [0.25, 0.3) is 0 Å². The zero-order valence-corrected chi connectivity index (χ0v) is 11.4. The number of carboxylic acids is 1. The van der Waals surface area contributed by atoms with Crippen molar-refractivity contribution in [2.45, 2.75) is 12.7 Å². The Hall–Kier alpha value is -1.77. The molecule has 9 heteroatoms. The summed E-state index contributed by atoms with van der Waals surface area (Å²) in [5.74, 6) is -3.18. The van der Waals surface area contributed by atoms with Crippen LogP contribution < -0.4 is 5.32 Å². The van der Waals surface area contributed by atoms with Crippen LogP contribution in [0.15, 0.2) is 18.2 Å². The van der Waals surface area contributed by atoms with E-state index in [2.05, 4.69) is 5.32 Å². The predicted molar refractivity (Wildman–Crippen MR) is 68.2 cm³/mol. The van der Waals surface area contributed by atoms with Crippen molar-refractivity contribution in [3.05, 3.63) is 35.1 Å². The Kier molecular flexibility index (Phi) is 6.01. The fourth-order valence-corrected chi connectivity index (χ4v) is 2.01. The number of halogens is 4. The molecular formula is C12H11F4NO3S. The van der Waals surface area contributed by atoms with Gasteiger partial charge in [0.2, 0.25) is 5.91 Å². The lowest BCUT2D eigenvalue weighted by atomic mass is 10.1. The van der Waals surface area contributed by atoms with Crippen LogP contribution in [0, 0.1) is 5.82 Å². The summed E-state index contributed by atoms with van der Waals surface area (Å²) in [6.45, 7) is -0.415. The van der Waals surface area contributed by atoms with Crippen LogP contribution in [-0.2, 0) is 22.3 Å². The molecule has 0 spiro atoms. The zero-order chi connectivity index (χ0) is 16.0. The van der Waals surface area contributed by atoms with Gasteiger partial charge >= 0.3 is 12.1 Å². The van der Waals surface area contributed by atoms with Crippen molar-refractivity contribution in [1.82, 2.24) is 5.32 Å². The zero-order valence-electron chi connectivity index (χ0n) is 10.5. The van der Waals surface area contributed by atoms with Gasteiger partial charge < -0.3 is 10.4 Å². The summed E-state index contributed by atoms with van der Waals surface area (Å²) in [4.78, 5) is 21.6. The van der Waals surface area contributed by atoms with Gasteiger partial charge in [0.1, 0.15) is 5.82 Å². The highest BCUT2D eigenvalue weighted by molar-refractivity contribution is 8.00. The molecule has 0 unspecified atom stereocenters. The minimum atomic E-state index is -4.72. The van der Waals surface area contributed by atoms with Crippen LogP contribution in [0.1, 0.15) is 11.1 Å². The van der Waals surface area contributed by atoms with Gasteiger partial charge in [-0.2, -0.15) is 13.2 Å². The highest BCUT2D eigenvalue weighted by atomic mass is 32.2. The number of hydrogen-bond acceptors (Lipinski definition) is 3. The standard InChI is InChI=1S/C12H11F4NO3S/c13-8-2-1-7(9(3-8)12(14,15)16)4-17-10(18)5-21-6-11(19)20/h1-3H,4-6H2,(H,17,18)(H,19,20). The summed E-state index contributed by atoms with van der Waals surface area (Å²) >= 11 is 0.823. The second kappa shape index (κ2) is 7.30. The van der Waals surface area contributed by atoms with Crippen LogP contribution in [0.25, 0.3) is 0 Å². The van der Waals surface area contributed by atoms with Gasteiger partial charge in [-0.1, -0.05) is 6.07 Å². The lowest BCUT2D eigenvalue weighted by molar-refractivity contribution is -0.138. The number of carbonyl (C=O) groups is 2. The number of carboxylic acid groups (broad SMARTS) is 1. The van der Waals surface area contributed by atoms with E-state index in [0.29, 0.717) is 6.07 Å². The molecule has 0 saturated carbocycles. The number of rotatable bonds is 6. The maximum Gasteiger partial charge on any atom is 0.416 e. The van der Waals surface area contributed by atoms with Gasteiger partial charge in [-0.05, 0) is 17.7 Å². The molecule has 1 aromatic carbocycles. The summed E-state index contributed by atoms with van der Waals surface area (Å²) < 4.78 is 51.0. The second-order valence-electron chi connectivity index (χ2n) is 3.96. The maximum absolute atomic E-state index is 12.9. The summed E-state index contributed by atoms with van der Waals surface area (Å²) in [6.07, 6.45) is -4.72. The average Bonchev–Trinajstić information content (AvgIpc) is 2.35. The quantitative estimate of drug-likeness (QED) is 0.788. The smallest absolute Gasteiger partial charge is 0.416 e. The van der Waals surface area contributed by atoms with E-state index in [1.54, 1.807) is 0 Å². The second-order valence-corrected chi connectivity index (χ2v) is 4.95. The van der Waals surface area contributed by atoms with Gasteiger partial charge in [-0.15, -0.1) is 11.8 Å². The van der Waals surface area contributed by atoms with Crippen molar-refractivity contribution in [3.8, 4) is 0 Å². The molecule has 2 N–H and O–H groups in total. The molecule has 0 heterocycles. The average molecular weight is 325 g/mol. The summed E-state index contributed by atoms with van der Waals surface area (Å²) in [7, 11) is 0. The Morgan fingerprint density at radius 1 is 1.24 bits per heavy atom. The molecular weight excluding hydrogens is 314 g/mol. The Bertz CT molecular complexity index is 534. The van der Waals surface area contributed by atoms with Crippen LogP contribution in [0.3, 0.4) is 0 Å². The first-order valence-corrected chi connectivity index (χ1v) is 6.77. The normalized spacial score (nSPS) is 11.2. The van der Waals surface area contributed by atoms with E-state index < -0.39 is 36.0 Å². The molecule has 0 fully saturated rings. The van der Waals surface area contributed by atoms with E-state index in [0.717, 1.165) is 23.9 Å². The van der Waals surface area contributed by atoms with Crippen LogP contribution in [-0.4, -0.2) is 28.5 Å². The molecule has 116 valence electrons. The molecule has 0 aliphatic rings. The van der Waals surface area contributed by atoms with E-state index in [9.17, 15) is 27.2 Å². The molecule has 0 aliphatic heterocycles. The number of hydrogen-bond donors (Lipinski definition) is 2. The third-order valence-corrected chi connectivity index (χ3v) is 3.23. The molecule has 1 rings (SSSR count). The number of nitrogens with one attached hydrogen (secondary N) is 1. The van der Waals surface area contributed by atoms with Gasteiger partial charge in [0.05, 0.1) is 17.1 Å². The fourth-order valence-electron chi connectivity index (χ4n) is 1.44. The first-order valence-electron chi connectivity index (χ1n) is 5.62. The lowest BCUT2D eigenvalue weighted by Crippen LogP contribution is -2.26. The first-order chi connectivity index (χ1) is 9.70. The number of carbonyl (C=O) groups excluding carboxylic acids is 1. The summed E-state index contributed by atoms with van der Waals surface area (Å²) in [5.41, 5.74) is -1.42. The van der Waals surface area contributed by atoms with E-state index in [1.807, 2.05) is 0 Å². The third kappa shape index (κ3) is 6.03. The minimum Gasteiger partial charge on any atom is -0.481 e. The van der Waals surface area contributed by atoms with Crippen molar-refractivity contribution in [1.29, 1.82) is 0 Å². The Balaban J connectivity index is 2.63. The van der Waals surface area contributed by atoms with Crippen molar-refractivity contribution < 1.29 is 32.3 Å². The summed E-state index contributed by atoms with van der Waals surface area (Å²) in [5, 5.41) is 10.6. The van der Waals surface area contributed by atoms with Gasteiger partial charge in [-0.25, -0.2) is 4.39 Å². The maximum atomic E-state index is 12.9. The lowest BCUT2D eigenvalue weighted by Gasteiger charge is -2.13. The van der Waals surface area contributed by atoms with Crippen molar-refractivity contribution in [3.63, 3.8) is 0 Å². The van der Waals surface area contributed by atoms with E-state index in [-0.39, 0.29) is 17.1 Å². The van der Waals surface area contributed by atoms with Crippen LogP contribution in [0.4, 0.5) is 17.6 Å². The van der Waals surface area contributed by atoms with E-state index in [4.69, 9.17) is 5.11 Å². The number of amides is 1. The first kappa shape index (κ1) is 17.3. The van der Waals surface area contributed by atoms with Crippen molar-refractivity contribution in [2.24, 2.45) is 0 Å². The van der Waals surface area contributed by atoms with E-state index in [1.165, 1.54) is 0 Å². The molecule has 0 radical (unpaired) electrons. The van der Waals surface area contributed by atoms with Gasteiger partial charge in [-0.3, -0.25) is 9.59 Å². The minimum absolute atomic E-state index is 0.186. The van der Waals surface area contributed by atoms with E-state index >= 15 is 0 Å². The Morgan fingerprint density at radius 3 is 2.48 bits per heavy atom. The number of thioether (sulfide) groups is 1. The Morgan fingerprint density at radius 2 is 1.90 bits per heavy atom. The molecule has 21 heavy (non-hydrogen) atoms. The largest absolute Gasteiger partial charge is 0.481 e. The number of alkyl halides is 3. The number of benzene rings is 1. The van der Waals surface area contributed by atoms with Crippen LogP contribution in [0.5, 0.6) is 0 Å². The predicted octanol–water partition coefficient (Wildman–Crippen LogP) is 2.28. The molecule has 1 aromatic rings. The number of aliphatic carboxylic acids is 1. The molecule has 0 aliphatic carbocycles. The molecule has 0 saturated heterocycles. The molecule has 1 amide bonds. The van der Waals surface area contributed by atoms with Gasteiger partial charge in [0, 0.05) is 6.54 Å². The fraction of sp³-hybridized carbons (Fsp3) is 0.333. The highest BCUT2D eigenvalue weighted by Crippen LogP contribution is 2.32. The molecule has 0 atom stereocenters. The SMILES string of the molecule is O=C(O)CSCC(=O)NCc1ccc(F)cc1C(F)(F)F. The van der Waals surface area contributed by atoms with Gasteiger partial charge in [0.15, 0.2) is 0 Å². The highest BCUT2D eigenvalue weighted by Gasteiger charge is 2.33. The summed E-state index contributed by atoms with van der Waals surface area (Å²) in [6, 6.07) is 2.18. The Labute approximate surface area is 121 Å². The van der Waals surface area contributed by atoms with Crippen molar-refractivity contribution in [2.75, 3.05) is 11.5 Å². The van der Waals surface area contributed by atoms with Crippen LogP contribution in [0.2, 0.25) is 0 Å².